The lowest BCUT2D eigenvalue weighted by molar-refractivity contribution is -0.132. The quantitative estimate of drug-likeness (QED) is 0.580. The van der Waals surface area contributed by atoms with Gasteiger partial charge in [0.25, 0.3) is 5.92 Å². The summed E-state index contributed by atoms with van der Waals surface area (Å²) in [5.74, 6) is -1.25. The van der Waals surface area contributed by atoms with E-state index >= 15 is 0 Å². The molecule has 0 saturated carbocycles. The number of halogens is 2. The van der Waals surface area contributed by atoms with Crippen LogP contribution >= 0.6 is 0 Å². The molecule has 0 aliphatic carbocycles. The molecule has 2 nitrogen and oxygen atoms in total. The molecule has 2 aliphatic rings. The molecule has 0 aromatic heterocycles. The fraction of sp³-hybridized carbons (Fsp3) is 1.00. The molecule has 0 bridgehead atoms. The summed E-state index contributed by atoms with van der Waals surface area (Å²) in [7, 11) is 0. The third-order valence-corrected chi connectivity index (χ3v) is 7.25. The molecule has 154 valence electrons. The van der Waals surface area contributed by atoms with Crippen LogP contribution in [0.1, 0.15) is 73.6 Å². The van der Waals surface area contributed by atoms with Crippen LogP contribution in [-0.2, 0) is 0 Å². The Labute approximate surface area is 160 Å². The Hall–Kier alpha value is -0.220. The minimum Gasteiger partial charge on any atom is -0.301 e. The van der Waals surface area contributed by atoms with Gasteiger partial charge in [-0.1, -0.05) is 27.7 Å². The summed E-state index contributed by atoms with van der Waals surface area (Å²) in [4.78, 5) is 4.65. The second kappa shape index (κ2) is 9.32. The summed E-state index contributed by atoms with van der Waals surface area (Å²) in [6.07, 6.45) is 5.39. The Morgan fingerprint density at radius 2 is 1.27 bits per heavy atom. The van der Waals surface area contributed by atoms with E-state index in [1.807, 2.05) is 18.7 Å². The van der Waals surface area contributed by atoms with E-state index in [1.165, 1.54) is 25.9 Å². The van der Waals surface area contributed by atoms with Gasteiger partial charge < -0.3 is 4.90 Å². The molecular weight excluding hydrogens is 330 g/mol. The van der Waals surface area contributed by atoms with E-state index in [2.05, 4.69) is 32.6 Å². The molecule has 2 fully saturated rings. The Morgan fingerprint density at radius 3 is 1.73 bits per heavy atom. The van der Waals surface area contributed by atoms with Gasteiger partial charge in [-0.2, -0.15) is 0 Å². The molecule has 0 aromatic rings. The summed E-state index contributed by atoms with van der Waals surface area (Å²) < 4.78 is 28.9. The number of alkyl halides is 2. The highest BCUT2D eigenvalue weighted by molar-refractivity contribution is 4.90. The van der Waals surface area contributed by atoms with Crippen LogP contribution in [0.5, 0.6) is 0 Å². The number of rotatable bonds is 7. The zero-order valence-electron chi connectivity index (χ0n) is 18.0. The van der Waals surface area contributed by atoms with Gasteiger partial charge in [0, 0.05) is 18.0 Å². The van der Waals surface area contributed by atoms with Crippen molar-refractivity contribution in [2.45, 2.75) is 91.7 Å². The summed E-state index contributed by atoms with van der Waals surface area (Å²) in [6, 6.07) is 0.823. The normalized spacial score (nSPS) is 28.6. The molecule has 0 radical (unpaired) electrons. The van der Waals surface area contributed by atoms with Crippen LogP contribution in [-0.4, -0.2) is 54.0 Å². The van der Waals surface area contributed by atoms with Crippen molar-refractivity contribution in [3.63, 3.8) is 0 Å². The van der Waals surface area contributed by atoms with Crippen LogP contribution in [0.4, 0.5) is 8.78 Å². The van der Waals surface area contributed by atoms with E-state index in [1.54, 1.807) is 0 Å². The SMILES string of the molecule is CC(C)C1CCN(C(C)CCC(C)N2CCC(C(C)C)C(F)(F)C2)CC1. The number of hydrogen-bond donors (Lipinski definition) is 0. The van der Waals surface area contributed by atoms with Crippen molar-refractivity contribution in [2.75, 3.05) is 26.2 Å². The van der Waals surface area contributed by atoms with Gasteiger partial charge in [0.1, 0.15) is 0 Å². The second-order valence-electron chi connectivity index (χ2n) is 9.76. The van der Waals surface area contributed by atoms with E-state index in [-0.39, 0.29) is 18.5 Å². The second-order valence-corrected chi connectivity index (χ2v) is 9.76. The van der Waals surface area contributed by atoms with Gasteiger partial charge in [-0.15, -0.1) is 0 Å². The third-order valence-electron chi connectivity index (χ3n) is 7.25. The highest BCUT2D eigenvalue weighted by Crippen LogP contribution is 2.38. The van der Waals surface area contributed by atoms with Gasteiger partial charge in [-0.25, -0.2) is 8.78 Å². The Morgan fingerprint density at radius 1 is 0.769 bits per heavy atom. The van der Waals surface area contributed by atoms with Crippen molar-refractivity contribution < 1.29 is 8.78 Å². The Bertz CT molecular complexity index is 416. The van der Waals surface area contributed by atoms with Crippen LogP contribution in [0.2, 0.25) is 0 Å². The van der Waals surface area contributed by atoms with E-state index in [9.17, 15) is 8.78 Å². The van der Waals surface area contributed by atoms with Gasteiger partial charge in [0.05, 0.1) is 6.54 Å². The van der Waals surface area contributed by atoms with Crippen LogP contribution in [0.3, 0.4) is 0 Å². The van der Waals surface area contributed by atoms with Crippen LogP contribution in [0.25, 0.3) is 0 Å². The van der Waals surface area contributed by atoms with Gasteiger partial charge in [-0.3, -0.25) is 4.90 Å². The van der Waals surface area contributed by atoms with Crippen LogP contribution in [0, 0.1) is 23.7 Å². The molecular formula is C22H42F2N2. The van der Waals surface area contributed by atoms with Crippen molar-refractivity contribution in [2.24, 2.45) is 23.7 Å². The van der Waals surface area contributed by atoms with Crippen molar-refractivity contribution >= 4 is 0 Å². The topological polar surface area (TPSA) is 6.48 Å². The highest BCUT2D eigenvalue weighted by Gasteiger charge is 2.46. The van der Waals surface area contributed by atoms with Gasteiger partial charge in [0.15, 0.2) is 0 Å². The molecule has 2 aliphatic heterocycles. The molecule has 0 spiro atoms. The Kier molecular flexibility index (Phi) is 7.91. The molecule has 3 atom stereocenters. The largest absolute Gasteiger partial charge is 0.301 e. The zero-order valence-corrected chi connectivity index (χ0v) is 18.0. The van der Waals surface area contributed by atoms with Crippen molar-refractivity contribution in [3.8, 4) is 0 Å². The lowest BCUT2D eigenvalue weighted by atomic mass is 9.83. The first-order valence-corrected chi connectivity index (χ1v) is 11.0. The monoisotopic (exact) mass is 372 g/mol. The lowest BCUT2D eigenvalue weighted by Gasteiger charge is -2.43. The summed E-state index contributed by atoms with van der Waals surface area (Å²) >= 11 is 0. The zero-order chi connectivity index (χ0) is 19.5. The molecule has 0 amide bonds. The van der Waals surface area contributed by atoms with E-state index in [0.29, 0.717) is 12.5 Å². The third kappa shape index (κ3) is 5.64. The minimum absolute atomic E-state index is 0.0504. The average molecular weight is 373 g/mol. The number of hydrogen-bond acceptors (Lipinski definition) is 2. The van der Waals surface area contributed by atoms with Crippen LogP contribution in [0.15, 0.2) is 0 Å². The molecule has 0 N–H and O–H groups in total. The predicted octanol–water partition coefficient (Wildman–Crippen LogP) is 5.52. The van der Waals surface area contributed by atoms with Crippen LogP contribution < -0.4 is 0 Å². The predicted molar refractivity (Wildman–Crippen MR) is 107 cm³/mol. The van der Waals surface area contributed by atoms with E-state index in [4.69, 9.17) is 0 Å². The maximum Gasteiger partial charge on any atom is 0.263 e. The molecule has 2 saturated heterocycles. The lowest BCUT2D eigenvalue weighted by Crippen LogP contribution is -2.53. The summed E-state index contributed by atoms with van der Waals surface area (Å²) in [6.45, 7) is 16.2. The van der Waals surface area contributed by atoms with E-state index < -0.39 is 11.8 Å². The number of piperidine rings is 2. The number of likely N-dealkylation sites (tertiary alicyclic amines) is 2. The molecule has 26 heavy (non-hydrogen) atoms. The minimum atomic E-state index is -2.54. The summed E-state index contributed by atoms with van der Waals surface area (Å²) in [5.41, 5.74) is 0. The van der Waals surface area contributed by atoms with Gasteiger partial charge in [0.2, 0.25) is 0 Å². The first-order chi connectivity index (χ1) is 12.1. The fourth-order valence-corrected chi connectivity index (χ4v) is 5.05. The maximum absolute atomic E-state index is 14.5. The summed E-state index contributed by atoms with van der Waals surface area (Å²) in [5, 5.41) is 0. The smallest absolute Gasteiger partial charge is 0.263 e. The van der Waals surface area contributed by atoms with Gasteiger partial charge in [-0.05, 0) is 83.3 Å². The maximum atomic E-state index is 14.5. The Balaban J connectivity index is 1.76. The molecule has 2 heterocycles. The highest BCUT2D eigenvalue weighted by atomic mass is 19.3. The van der Waals surface area contributed by atoms with Crippen molar-refractivity contribution in [3.05, 3.63) is 0 Å². The van der Waals surface area contributed by atoms with Gasteiger partial charge >= 0.3 is 0 Å². The van der Waals surface area contributed by atoms with E-state index in [0.717, 1.165) is 31.2 Å². The standard InChI is InChI=1S/C22H42F2N2/c1-16(2)20-9-12-25(13-10-20)18(5)7-8-19(6)26-14-11-21(17(3)4)22(23,24)15-26/h16-21H,7-15H2,1-6H3. The number of nitrogens with zero attached hydrogens (tertiary/aromatic N) is 2. The fourth-order valence-electron chi connectivity index (χ4n) is 5.05. The first kappa shape index (κ1) is 22.1. The molecule has 0 aromatic carbocycles. The average Bonchev–Trinajstić information content (AvgIpc) is 2.58. The molecule has 4 heteroatoms. The van der Waals surface area contributed by atoms with Crippen molar-refractivity contribution in [1.82, 2.24) is 9.80 Å². The molecule has 3 unspecified atom stereocenters. The van der Waals surface area contributed by atoms with Crippen molar-refractivity contribution in [1.29, 1.82) is 0 Å². The molecule has 2 rings (SSSR count). The first-order valence-electron chi connectivity index (χ1n) is 11.0.